The van der Waals surface area contributed by atoms with Crippen molar-refractivity contribution in [3.63, 3.8) is 0 Å². The van der Waals surface area contributed by atoms with Crippen molar-refractivity contribution in [3.05, 3.63) is 29.8 Å². The first kappa shape index (κ1) is 19.9. The molecular formula is C14H18F3NO3S2. The topological polar surface area (TPSA) is 61.1 Å². The van der Waals surface area contributed by atoms with Crippen LogP contribution in [-0.4, -0.2) is 18.5 Å². The van der Waals surface area contributed by atoms with Gasteiger partial charge in [0.15, 0.2) is 10.1 Å². The molecule has 0 saturated carbocycles. The summed E-state index contributed by atoms with van der Waals surface area (Å²) in [4.78, 5) is 0. The molecule has 23 heavy (non-hydrogen) atoms. The van der Waals surface area contributed by atoms with E-state index in [-0.39, 0.29) is 0 Å². The third-order valence-electron chi connectivity index (χ3n) is 3.02. The standard InChI is InChI=1S/C13H18NS.CHF3O3S/c1-2-3-4-7-10-14-11-15-13-9-6-5-8-12(13)14;2-1(3,4)8(5,6)7/h5-6,8-9,11H,2-4,7,10H2,1H3;(H,5,6,7)/q+1;/p-1. The molecule has 1 aromatic heterocycles. The van der Waals surface area contributed by atoms with Crippen LogP contribution in [0.1, 0.15) is 32.6 Å². The van der Waals surface area contributed by atoms with Crippen LogP contribution in [0, 0.1) is 0 Å². The first-order chi connectivity index (χ1) is 10.7. The Labute approximate surface area is 137 Å². The third-order valence-corrected chi connectivity index (χ3v) is 4.54. The van der Waals surface area contributed by atoms with Crippen molar-refractivity contribution in [3.8, 4) is 0 Å². The molecular weight excluding hydrogens is 351 g/mol. The minimum absolute atomic E-state index is 1.17. The maximum atomic E-state index is 10.7. The molecule has 0 aliphatic heterocycles. The van der Waals surface area contributed by atoms with E-state index in [0.29, 0.717) is 0 Å². The van der Waals surface area contributed by atoms with E-state index in [1.54, 1.807) is 0 Å². The summed E-state index contributed by atoms with van der Waals surface area (Å²) in [5.41, 5.74) is -2.01. The quantitative estimate of drug-likeness (QED) is 0.348. The van der Waals surface area contributed by atoms with Gasteiger partial charge in [-0.25, -0.2) is 8.42 Å². The largest absolute Gasteiger partial charge is 0.741 e. The molecule has 0 aliphatic rings. The number of hydrogen-bond donors (Lipinski definition) is 0. The Morgan fingerprint density at radius 2 is 1.78 bits per heavy atom. The SMILES string of the molecule is CCCCCC[n+]1csc2ccccc21.O=S(=O)([O-])C(F)(F)F. The van der Waals surface area contributed by atoms with Gasteiger partial charge in [-0.1, -0.05) is 43.2 Å². The summed E-state index contributed by atoms with van der Waals surface area (Å²) in [6.07, 6.45) is 5.34. The fourth-order valence-corrected chi connectivity index (χ4v) is 2.78. The van der Waals surface area contributed by atoms with Gasteiger partial charge in [0.2, 0.25) is 11.0 Å². The first-order valence-electron chi connectivity index (χ1n) is 7.04. The molecule has 0 N–H and O–H groups in total. The Hall–Kier alpha value is -1.19. The Bertz CT molecular complexity index is 711. The van der Waals surface area contributed by atoms with Crippen molar-refractivity contribution >= 4 is 31.7 Å². The molecule has 9 heteroatoms. The number of aromatic nitrogens is 1. The lowest BCUT2D eigenvalue weighted by atomic mass is 10.2. The number of halogens is 3. The maximum Gasteiger partial charge on any atom is 0.485 e. The van der Waals surface area contributed by atoms with E-state index in [1.807, 2.05) is 11.3 Å². The normalized spacial score (nSPS) is 12.0. The van der Waals surface area contributed by atoms with E-state index in [1.165, 1.54) is 42.4 Å². The van der Waals surface area contributed by atoms with Crippen LogP contribution in [0.2, 0.25) is 0 Å². The number of nitrogens with zero attached hydrogens (tertiary/aromatic N) is 1. The Balaban J connectivity index is 0.000000284. The van der Waals surface area contributed by atoms with Gasteiger partial charge in [-0.15, -0.1) is 0 Å². The molecule has 0 bridgehead atoms. The molecule has 1 aromatic carbocycles. The zero-order chi connectivity index (χ0) is 17.5. The highest BCUT2D eigenvalue weighted by atomic mass is 32.2. The smallest absolute Gasteiger partial charge is 0.485 e. The number of alkyl halides is 3. The second-order valence-electron chi connectivity index (χ2n) is 4.84. The Morgan fingerprint density at radius 3 is 2.35 bits per heavy atom. The number of benzene rings is 1. The average Bonchev–Trinajstić information content (AvgIpc) is 2.86. The van der Waals surface area contributed by atoms with Crippen LogP contribution < -0.4 is 4.57 Å². The molecule has 0 spiro atoms. The highest BCUT2D eigenvalue weighted by Gasteiger charge is 2.36. The van der Waals surface area contributed by atoms with Gasteiger partial charge < -0.3 is 4.55 Å². The van der Waals surface area contributed by atoms with Crippen LogP contribution in [0.5, 0.6) is 0 Å². The number of aryl methyl sites for hydroxylation is 1. The van der Waals surface area contributed by atoms with Crippen molar-refractivity contribution in [1.82, 2.24) is 0 Å². The lowest BCUT2D eigenvalue weighted by molar-refractivity contribution is -0.667. The van der Waals surface area contributed by atoms with Gasteiger partial charge in [0.1, 0.15) is 11.2 Å². The molecule has 0 saturated heterocycles. The molecule has 130 valence electrons. The molecule has 0 unspecified atom stereocenters. The molecule has 0 fully saturated rings. The molecule has 2 rings (SSSR count). The van der Waals surface area contributed by atoms with Gasteiger partial charge in [-0.05, 0) is 12.5 Å². The minimum Gasteiger partial charge on any atom is -0.741 e. The highest BCUT2D eigenvalue weighted by molar-refractivity contribution is 7.86. The fourth-order valence-electron chi connectivity index (χ4n) is 1.85. The Morgan fingerprint density at radius 1 is 1.17 bits per heavy atom. The summed E-state index contributed by atoms with van der Waals surface area (Å²) in [5, 5.41) is 0. The van der Waals surface area contributed by atoms with E-state index in [9.17, 15) is 13.2 Å². The minimum atomic E-state index is -6.09. The summed E-state index contributed by atoms with van der Waals surface area (Å²) in [6, 6.07) is 8.64. The van der Waals surface area contributed by atoms with Crippen LogP contribution in [0.15, 0.2) is 29.8 Å². The number of hydrogen-bond acceptors (Lipinski definition) is 4. The van der Waals surface area contributed by atoms with Crippen LogP contribution in [-0.2, 0) is 16.7 Å². The molecule has 0 aliphatic carbocycles. The molecule has 1 heterocycles. The summed E-state index contributed by atoms with van der Waals surface area (Å²) in [6.45, 7) is 3.43. The van der Waals surface area contributed by atoms with Gasteiger partial charge in [0.05, 0.1) is 0 Å². The lowest BCUT2D eigenvalue weighted by Crippen LogP contribution is -2.31. The number of para-hydroxylation sites is 1. The summed E-state index contributed by atoms with van der Waals surface area (Å²) >= 11 is 1.84. The summed E-state index contributed by atoms with van der Waals surface area (Å²) in [5.74, 6) is 0. The molecule has 0 amide bonds. The van der Waals surface area contributed by atoms with Crippen molar-refractivity contribution in [2.24, 2.45) is 0 Å². The summed E-state index contributed by atoms with van der Waals surface area (Å²) < 4.78 is 62.7. The monoisotopic (exact) mass is 369 g/mol. The van der Waals surface area contributed by atoms with E-state index in [4.69, 9.17) is 13.0 Å². The lowest BCUT2D eigenvalue weighted by Gasteiger charge is -2.08. The van der Waals surface area contributed by atoms with E-state index < -0.39 is 15.6 Å². The van der Waals surface area contributed by atoms with E-state index >= 15 is 0 Å². The maximum absolute atomic E-state index is 10.7. The van der Waals surface area contributed by atoms with E-state index in [0.717, 1.165) is 0 Å². The predicted octanol–water partition coefficient (Wildman–Crippen LogP) is 3.82. The van der Waals surface area contributed by atoms with Crippen molar-refractivity contribution in [2.45, 2.75) is 44.7 Å². The number of fused-ring (bicyclic) bond motifs is 1. The molecule has 0 radical (unpaired) electrons. The van der Waals surface area contributed by atoms with Crippen LogP contribution in [0.3, 0.4) is 0 Å². The van der Waals surface area contributed by atoms with Crippen molar-refractivity contribution < 1.29 is 30.7 Å². The van der Waals surface area contributed by atoms with Gasteiger partial charge in [0, 0.05) is 12.5 Å². The third kappa shape index (κ3) is 6.44. The van der Waals surface area contributed by atoms with Crippen molar-refractivity contribution in [1.29, 1.82) is 0 Å². The second kappa shape index (κ2) is 8.60. The summed E-state index contributed by atoms with van der Waals surface area (Å²) in [7, 11) is -6.09. The van der Waals surface area contributed by atoms with Gasteiger partial charge in [0.25, 0.3) is 0 Å². The predicted molar refractivity (Wildman–Crippen MR) is 81.9 cm³/mol. The first-order valence-corrected chi connectivity index (χ1v) is 9.33. The zero-order valence-electron chi connectivity index (χ0n) is 12.5. The zero-order valence-corrected chi connectivity index (χ0v) is 14.2. The number of unbranched alkanes of at least 4 members (excludes halogenated alkanes) is 3. The number of thiazole rings is 1. The number of rotatable bonds is 5. The van der Waals surface area contributed by atoms with Gasteiger partial charge in [-0.3, -0.25) is 0 Å². The van der Waals surface area contributed by atoms with Crippen LogP contribution >= 0.6 is 11.3 Å². The second-order valence-corrected chi connectivity index (χ2v) is 7.10. The Kier molecular flexibility index (Phi) is 7.43. The highest BCUT2D eigenvalue weighted by Crippen LogP contribution is 2.20. The van der Waals surface area contributed by atoms with Crippen molar-refractivity contribution in [2.75, 3.05) is 0 Å². The van der Waals surface area contributed by atoms with Crippen LogP contribution in [0.4, 0.5) is 13.2 Å². The fraction of sp³-hybridized carbons (Fsp3) is 0.500. The van der Waals surface area contributed by atoms with Gasteiger partial charge in [-0.2, -0.15) is 17.7 Å². The average molecular weight is 369 g/mol. The molecule has 4 nitrogen and oxygen atoms in total. The van der Waals surface area contributed by atoms with Crippen LogP contribution in [0.25, 0.3) is 10.2 Å². The van der Waals surface area contributed by atoms with Gasteiger partial charge >= 0.3 is 5.51 Å². The molecule has 0 atom stereocenters. The molecule has 2 aromatic rings. The van der Waals surface area contributed by atoms with E-state index in [2.05, 4.69) is 41.3 Å².